The molecule has 0 radical (unpaired) electrons. The number of pyridine rings is 1. The van der Waals surface area contributed by atoms with Gasteiger partial charge in [-0.25, -0.2) is 4.98 Å². The van der Waals surface area contributed by atoms with E-state index in [0.717, 1.165) is 0 Å². The SMILES string of the molecule is O=C(c1ccc(Cl)nc1)N1CCN(C(=O)c2ccccc2O)CC1. The van der Waals surface area contributed by atoms with Gasteiger partial charge in [0.2, 0.25) is 0 Å². The number of phenolic OH excluding ortho intramolecular Hbond substituents is 1. The number of para-hydroxylation sites is 1. The summed E-state index contributed by atoms with van der Waals surface area (Å²) in [6, 6.07) is 9.67. The lowest BCUT2D eigenvalue weighted by Crippen LogP contribution is -2.50. The van der Waals surface area contributed by atoms with Crippen LogP contribution in [0.25, 0.3) is 0 Å². The standard InChI is InChI=1S/C17H16ClN3O3/c18-15-6-5-12(11-19-15)16(23)20-7-9-21(10-8-20)17(24)13-3-1-2-4-14(13)22/h1-6,11,22H,7-10H2. The van der Waals surface area contributed by atoms with Gasteiger partial charge in [-0.15, -0.1) is 0 Å². The van der Waals surface area contributed by atoms with E-state index in [1.54, 1.807) is 40.1 Å². The highest BCUT2D eigenvalue weighted by atomic mass is 35.5. The summed E-state index contributed by atoms with van der Waals surface area (Å²) in [4.78, 5) is 32.1. The summed E-state index contributed by atoms with van der Waals surface area (Å²) in [5, 5.41) is 10.1. The Bertz CT molecular complexity index is 756. The molecule has 124 valence electrons. The zero-order valence-electron chi connectivity index (χ0n) is 12.9. The molecular formula is C17H16ClN3O3. The average Bonchev–Trinajstić information content (AvgIpc) is 2.62. The van der Waals surface area contributed by atoms with E-state index in [0.29, 0.717) is 36.9 Å². The fourth-order valence-electron chi connectivity index (χ4n) is 2.62. The number of rotatable bonds is 2. The Balaban J connectivity index is 1.63. The van der Waals surface area contributed by atoms with Gasteiger partial charge in [-0.3, -0.25) is 9.59 Å². The second-order valence-corrected chi connectivity index (χ2v) is 5.86. The number of halogens is 1. The van der Waals surface area contributed by atoms with E-state index in [2.05, 4.69) is 4.98 Å². The molecule has 0 aliphatic carbocycles. The number of carbonyl (C=O) groups excluding carboxylic acids is 2. The van der Waals surface area contributed by atoms with Crippen molar-refractivity contribution in [1.82, 2.24) is 14.8 Å². The molecule has 1 saturated heterocycles. The third-order valence-corrected chi connectivity index (χ3v) is 4.19. The average molecular weight is 346 g/mol. The maximum atomic E-state index is 12.4. The van der Waals surface area contributed by atoms with E-state index in [9.17, 15) is 14.7 Å². The van der Waals surface area contributed by atoms with E-state index in [4.69, 9.17) is 11.6 Å². The van der Waals surface area contributed by atoms with Crippen molar-refractivity contribution in [1.29, 1.82) is 0 Å². The number of piperazine rings is 1. The summed E-state index contributed by atoms with van der Waals surface area (Å²) < 4.78 is 0. The molecule has 1 aliphatic rings. The van der Waals surface area contributed by atoms with Gasteiger partial charge in [0.1, 0.15) is 10.9 Å². The van der Waals surface area contributed by atoms with Gasteiger partial charge in [-0.2, -0.15) is 0 Å². The summed E-state index contributed by atoms with van der Waals surface area (Å²) in [6.45, 7) is 1.70. The number of hydrogen-bond donors (Lipinski definition) is 1. The molecule has 2 aromatic rings. The van der Waals surface area contributed by atoms with Crippen LogP contribution in [0.3, 0.4) is 0 Å². The highest BCUT2D eigenvalue weighted by Gasteiger charge is 2.26. The normalized spacial score (nSPS) is 14.5. The molecule has 0 bridgehead atoms. The number of aromatic hydroxyl groups is 1. The van der Waals surface area contributed by atoms with E-state index in [1.165, 1.54) is 12.3 Å². The van der Waals surface area contributed by atoms with Crippen LogP contribution in [-0.2, 0) is 0 Å². The van der Waals surface area contributed by atoms with E-state index >= 15 is 0 Å². The van der Waals surface area contributed by atoms with Crippen molar-refractivity contribution in [2.75, 3.05) is 26.2 Å². The van der Waals surface area contributed by atoms with Crippen molar-refractivity contribution in [2.24, 2.45) is 0 Å². The molecule has 0 unspecified atom stereocenters. The van der Waals surface area contributed by atoms with Gasteiger partial charge in [0.25, 0.3) is 11.8 Å². The van der Waals surface area contributed by atoms with Crippen LogP contribution in [0.15, 0.2) is 42.6 Å². The highest BCUT2D eigenvalue weighted by molar-refractivity contribution is 6.29. The summed E-state index contributed by atoms with van der Waals surface area (Å²) in [5.74, 6) is -0.393. The fourth-order valence-corrected chi connectivity index (χ4v) is 2.73. The van der Waals surface area contributed by atoms with Gasteiger partial charge in [0.15, 0.2) is 0 Å². The molecule has 1 aromatic heterocycles. The minimum Gasteiger partial charge on any atom is -0.507 e. The minimum atomic E-state index is -0.228. The summed E-state index contributed by atoms with van der Waals surface area (Å²) in [6.07, 6.45) is 1.45. The summed E-state index contributed by atoms with van der Waals surface area (Å²) >= 11 is 5.73. The molecule has 1 aromatic carbocycles. The topological polar surface area (TPSA) is 73.7 Å². The first-order valence-electron chi connectivity index (χ1n) is 7.54. The van der Waals surface area contributed by atoms with Crippen LogP contribution in [0.1, 0.15) is 20.7 Å². The second kappa shape index (κ2) is 6.88. The molecule has 0 saturated carbocycles. The maximum Gasteiger partial charge on any atom is 0.257 e. The van der Waals surface area contributed by atoms with Gasteiger partial charge in [0.05, 0.1) is 11.1 Å². The largest absolute Gasteiger partial charge is 0.507 e. The molecule has 24 heavy (non-hydrogen) atoms. The Hall–Kier alpha value is -2.60. The van der Waals surface area contributed by atoms with Crippen LogP contribution in [0.4, 0.5) is 0 Å². The molecule has 1 N–H and O–H groups in total. The van der Waals surface area contributed by atoms with E-state index in [1.807, 2.05) is 0 Å². The lowest BCUT2D eigenvalue weighted by molar-refractivity contribution is 0.0533. The highest BCUT2D eigenvalue weighted by Crippen LogP contribution is 2.19. The molecule has 0 spiro atoms. The first-order valence-corrected chi connectivity index (χ1v) is 7.92. The predicted molar refractivity (Wildman–Crippen MR) is 89.2 cm³/mol. The number of nitrogens with zero attached hydrogens (tertiary/aromatic N) is 3. The Labute approximate surface area is 144 Å². The Morgan fingerprint density at radius 1 is 0.958 bits per heavy atom. The Kier molecular flexibility index (Phi) is 4.66. The van der Waals surface area contributed by atoms with Crippen molar-refractivity contribution in [2.45, 2.75) is 0 Å². The Morgan fingerprint density at radius 2 is 1.58 bits per heavy atom. The van der Waals surface area contributed by atoms with Crippen LogP contribution in [0.5, 0.6) is 5.75 Å². The third-order valence-electron chi connectivity index (χ3n) is 3.96. The van der Waals surface area contributed by atoms with Crippen LogP contribution in [0, 0.1) is 0 Å². The first kappa shape index (κ1) is 16.3. The van der Waals surface area contributed by atoms with Crippen LogP contribution in [0.2, 0.25) is 5.15 Å². The van der Waals surface area contributed by atoms with Crippen LogP contribution >= 0.6 is 11.6 Å². The fraction of sp³-hybridized carbons (Fsp3) is 0.235. The number of phenols is 1. The molecule has 6 nitrogen and oxygen atoms in total. The molecular weight excluding hydrogens is 330 g/mol. The quantitative estimate of drug-likeness (QED) is 0.845. The predicted octanol–water partition coefficient (Wildman–Crippen LogP) is 2.04. The molecule has 1 aliphatic heterocycles. The zero-order valence-corrected chi connectivity index (χ0v) is 13.6. The first-order chi connectivity index (χ1) is 11.6. The second-order valence-electron chi connectivity index (χ2n) is 5.47. The summed E-state index contributed by atoms with van der Waals surface area (Å²) in [5.41, 5.74) is 0.749. The summed E-state index contributed by atoms with van der Waals surface area (Å²) in [7, 11) is 0. The van der Waals surface area contributed by atoms with Gasteiger partial charge >= 0.3 is 0 Å². The van der Waals surface area contributed by atoms with Crippen molar-refractivity contribution < 1.29 is 14.7 Å². The minimum absolute atomic E-state index is 0.0340. The lowest BCUT2D eigenvalue weighted by atomic mass is 10.1. The van der Waals surface area contributed by atoms with Crippen LogP contribution < -0.4 is 0 Å². The number of benzene rings is 1. The molecule has 7 heteroatoms. The van der Waals surface area contributed by atoms with Gasteiger partial charge in [-0.1, -0.05) is 23.7 Å². The monoisotopic (exact) mass is 345 g/mol. The number of hydrogen-bond acceptors (Lipinski definition) is 4. The molecule has 0 atom stereocenters. The molecule has 1 fully saturated rings. The van der Waals surface area contributed by atoms with Crippen LogP contribution in [-0.4, -0.2) is 57.9 Å². The van der Waals surface area contributed by atoms with Gasteiger partial charge < -0.3 is 14.9 Å². The number of amides is 2. The molecule has 2 amide bonds. The Morgan fingerprint density at radius 3 is 2.17 bits per heavy atom. The molecule has 2 heterocycles. The van der Waals surface area contributed by atoms with Gasteiger partial charge in [0, 0.05) is 32.4 Å². The van der Waals surface area contributed by atoms with E-state index < -0.39 is 0 Å². The van der Waals surface area contributed by atoms with Crippen molar-refractivity contribution in [3.05, 3.63) is 58.9 Å². The molecule has 3 rings (SSSR count). The third kappa shape index (κ3) is 3.33. The van der Waals surface area contributed by atoms with Crippen molar-refractivity contribution >= 4 is 23.4 Å². The van der Waals surface area contributed by atoms with E-state index in [-0.39, 0.29) is 23.1 Å². The van der Waals surface area contributed by atoms with Crippen molar-refractivity contribution in [3.63, 3.8) is 0 Å². The smallest absolute Gasteiger partial charge is 0.257 e. The lowest BCUT2D eigenvalue weighted by Gasteiger charge is -2.34. The maximum absolute atomic E-state index is 12.4. The number of carbonyl (C=O) groups is 2. The van der Waals surface area contributed by atoms with Gasteiger partial charge in [-0.05, 0) is 24.3 Å². The zero-order chi connectivity index (χ0) is 17.1. The number of aromatic nitrogens is 1. The van der Waals surface area contributed by atoms with Crippen molar-refractivity contribution in [3.8, 4) is 5.75 Å².